The van der Waals surface area contributed by atoms with Crippen molar-refractivity contribution in [2.45, 2.75) is 43.9 Å². The number of hydrogen-bond donors (Lipinski definition) is 1. The van der Waals surface area contributed by atoms with Gasteiger partial charge in [-0.15, -0.1) is 0 Å². The van der Waals surface area contributed by atoms with Gasteiger partial charge in [-0.25, -0.2) is 8.93 Å². The van der Waals surface area contributed by atoms with Gasteiger partial charge in [0.15, 0.2) is 0 Å². The van der Waals surface area contributed by atoms with Crippen LogP contribution in [-0.4, -0.2) is 8.96 Å². The second-order valence-corrected chi connectivity index (χ2v) is 9.18. The highest BCUT2D eigenvalue weighted by Crippen LogP contribution is 2.35. The fraction of sp³-hybridized carbons (Fsp3) is 0.368. The van der Waals surface area contributed by atoms with Crippen LogP contribution in [0.25, 0.3) is 0 Å². The summed E-state index contributed by atoms with van der Waals surface area (Å²) in [5, 5.41) is 0. The molecule has 0 saturated heterocycles. The standard InChI is InChI=1S/C19H19F6NOS/c1-17(2,3)28(27)26-16(12-6-4-8-14(10-12)18(20,21)22)13-7-5-9-15(11-13)19(23,24)25/h4-11,16,26H,1-3H3. The Morgan fingerprint density at radius 2 is 1.18 bits per heavy atom. The number of alkyl halides is 6. The smallest absolute Gasteiger partial charge is 0.242 e. The normalized spacial score (nSPS) is 14.4. The molecule has 0 aliphatic heterocycles. The van der Waals surface area contributed by atoms with Crippen molar-refractivity contribution in [3.05, 3.63) is 70.8 Å². The Morgan fingerprint density at radius 1 is 0.786 bits per heavy atom. The van der Waals surface area contributed by atoms with Crippen molar-refractivity contribution < 1.29 is 30.6 Å². The number of halogens is 6. The summed E-state index contributed by atoms with van der Waals surface area (Å²) < 4.78 is 92.9. The van der Waals surface area contributed by atoms with Crippen molar-refractivity contribution in [3.63, 3.8) is 0 Å². The second kappa shape index (κ2) is 7.87. The monoisotopic (exact) mass is 423 g/mol. The summed E-state index contributed by atoms with van der Waals surface area (Å²) in [5.74, 6) is 0. The van der Waals surface area contributed by atoms with Crippen molar-refractivity contribution in [2.24, 2.45) is 0 Å². The first-order valence-corrected chi connectivity index (χ1v) is 9.37. The molecule has 0 heterocycles. The first-order chi connectivity index (χ1) is 12.7. The molecule has 0 saturated carbocycles. The fourth-order valence-electron chi connectivity index (χ4n) is 2.40. The van der Waals surface area contributed by atoms with E-state index < -0.39 is 45.3 Å². The first-order valence-electron chi connectivity index (χ1n) is 8.22. The molecule has 2 aromatic rings. The predicted molar refractivity (Wildman–Crippen MR) is 95.8 cm³/mol. The minimum Gasteiger partial charge on any atom is -0.242 e. The van der Waals surface area contributed by atoms with E-state index >= 15 is 0 Å². The van der Waals surface area contributed by atoms with Crippen molar-refractivity contribution in [1.29, 1.82) is 0 Å². The van der Waals surface area contributed by atoms with E-state index in [1.54, 1.807) is 20.8 Å². The molecule has 154 valence electrons. The van der Waals surface area contributed by atoms with E-state index in [0.29, 0.717) is 0 Å². The zero-order valence-corrected chi connectivity index (χ0v) is 16.1. The molecular formula is C19H19F6NOS. The molecule has 1 atom stereocenters. The molecule has 0 radical (unpaired) electrons. The van der Waals surface area contributed by atoms with Gasteiger partial charge in [-0.2, -0.15) is 26.3 Å². The van der Waals surface area contributed by atoms with Gasteiger partial charge in [-0.1, -0.05) is 24.3 Å². The van der Waals surface area contributed by atoms with Crippen molar-refractivity contribution in [1.82, 2.24) is 4.72 Å². The predicted octanol–water partition coefficient (Wildman–Crippen LogP) is 5.87. The maximum absolute atomic E-state index is 13.1. The van der Waals surface area contributed by atoms with E-state index in [-0.39, 0.29) is 11.1 Å². The lowest BCUT2D eigenvalue weighted by atomic mass is 9.96. The average molecular weight is 423 g/mol. The van der Waals surface area contributed by atoms with Crippen LogP contribution in [0.15, 0.2) is 48.5 Å². The van der Waals surface area contributed by atoms with Crippen LogP contribution in [0.5, 0.6) is 0 Å². The third kappa shape index (κ3) is 5.57. The minimum absolute atomic E-state index is 0.0618. The first kappa shape index (κ1) is 22.4. The van der Waals surface area contributed by atoms with Gasteiger partial charge in [-0.05, 0) is 56.2 Å². The van der Waals surface area contributed by atoms with E-state index in [9.17, 15) is 30.6 Å². The Hall–Kier alpha value is -1.87. The molecular weight excluding hydrogens is 404 g/mol. The minimum atomic E-state index is -4.61. The van der Waals surface area contributed by atoms with E-state index in [2.05, 4.69) is 4.72 Å². The average Bonchev–Trinajstić information content (AvgIpc) is 2.57. The van der Waals surface area contributed by atoms with E-state index in [1.807, 2.05) is 0 Å². The van der Waals surface area contributed by atoms with E-state index in [0.717, 1.165) is 24.3 Å². The van der Waals surface area contributed by atoms with Crippen LogP contribution < -0.4 is 4.72 Å². The van der Waals surface area contributed by atoms with Crippen molar-refractivity contribution in [3.8, 4) is 0 Å². The van der Waals surface area contributed by atoms with Crippen LogP contribution >= 0.6 is 0 Å². The zero-order valence-electron chi connectivity index (χ0n) is 15.3. The van der Waals surface area contributed by atoms with Gasteiger partial charge in [-0.3, -0.25) is 0 Å². The quantitative estimate of drug-likeness (QED) is 0.613. The molecule has 0 aromatic heterocycles. The Labute approximate surface area is 161 Å². The lowest BCUT2D eigenvalue weighted by Crippen LogP contribution is -2.36. The van der Waals surface area contributed by atoms with Gasteiger partial charge >= 0.3 is 12.4 Å². The van der Waals surface area contributed by atoms with Crippen LogP contribution in [0.3, 0.4) is 0 Å². The summed E-state index contributed by atoms with van der Waals surface area (Å²) in [5.41, 5.74) is -1.76. The molecule has 0 amide bonds. The molecule has 9 heteroatoms. The molecule has 1 N–H and O–H groups in total. The van der Waals surface area contributed by atoms with Crippen molar-refractivity contribution >= 4 is 11.0 Å². The topological polar surface area (TPSA) is 29.1 Å². The maximum atomic E-state index is 13.1. The molecule has 2 nitrogen and oxygen atoms in total. The molecule has 1 unspecified atom stereocenters. The summed E-state index contributed by atoms with van der Waals surface area (Å²) in [4.78, 5) is 0. The van der Waals surface area contributed by atoms with Crippen LogP contribution in [0, 0.1) is 0 Å². The number of hydrogen-bond acceptors (Lipinski definition) is 1. The summed E-state index contributed by atoms with van der Waals surface area (Å²) in [6, 6.07) is 7.35. The molecule has 2 rings (SSSR count). The summed E-state index contributed by atoms with van der Waals surface area (Å²) in [6.45, 7) is 4.93. The largest absolute Gasteiger partial charge is 0.416 e. The van der Waals surface area contributed by atoms with E-state index in [4.69, 9.17) is 0 Å². The van der Waals surface area contributed by atoms with Gasteiger partial charge < -0.3 is 0 Å². The van der Waals surface area contributed by atoms with Gasteiger partial charge in [0, 0.05) is 0 Å². The molecule has 0 spiro atoms. The van der Waals surface area contributed by atoms with Crippen LogP contribution in [0.4, 0.5) is 26.3 Å². The van der Waals surface area contributed by atoms with Crippen LogP contribution in [-0.2, 0) is 23.3 Å². The highest BCUT2D eigenvalue weighted by Gasteiger charge is 2.34. The highest BCUT2D eigenvalue weighted by molar-refractivity contribution is 7.84. The van der Waals surface area contributed by atoms with E-state index in [1.165, 1.54) is 24.3 Å². The number of benzene rings is 2. The van der Waals surface area contributed by atoms with Crippen molar-refractivity contribution in [2.75, 3.05) is 0 Å². The molecule has 0 fully saturated rings. The molecule has 0 aliphatic carbocycles. The second-order valence-electron chi connectivity index (χ2n) is 7.18. The number of nitrogens with one attached hydrogen (secondary N) is 1. The number of rotatable bonds is 4. The maximum Gasteiger partial charge on any atom is 0.416 e. The molecule has 2 aromatic carbocycles. The third-order valence-corrected chi connectivity index (χ3v) is 5.44. The third-order valence-electron chi connectivity index (χ3n) is 3.88. The Kier molecular flexibility index (Phi) is 6.30. The molecule has 0 aliphatic rings. The lowest BCUT2D eigenvalue weighted by molar-refractivity contribution is -0.138. The van der Waals surface area contributed by atoms with Gasteiger partial charge in [0.25, 0.3) is 0 Å². The SMILES string of the molecule is CC(C)(C)S(=O)NC(c1cccc(C(F)(F)F)c1)c1cccc(C(F)(F)F)c1. The summed E-state index contributed by atoms with van der Waals surface area (Å²) >= 11 is 0. The van der Waals surface area contributed by atoms with Crippen LogP contribution in [0.2, 0.25) is 0 Å². The molecule has 28 heavy (non-hydrogen) atoms. The Balaban J connectivity index is 2.57. The summed E-state index contributed by atoms with van der Waals surface area (Å²) in [7, 11) is -1.74. The highest BCUT2D eigenvalue weighted by atomic mass is 32.2. The van der Waals surface area contributed by atoms with Gasteiger partial charge in [0.05, 0.1) is 32.9 Å². The fourth-order valence-corrected chi connectivity index (χ4v) is 3.24. The Bertz CT molecular complexity index is 797. The summed E-state index contributed by atoms with van der Waals surface area (Å²) in [6.07, 6.45) is -9.23. The lowest BCUT2D eigenvalue weighted by Gasteiger charge is -2.26. The van der Waals surface area contributed by atoms with Crippen LogP contribution in [0.1, 0.15) is 49.1 Å². The Morgan fingerprint density at radius 3 is 1.50 bits per heavy atom. The van der Waals surface area contributed by atoms with Gasteiger partial charge in [0.1, 0.15) is 0 Å². The zero-order chi connectivity index (χ0) is 21.3. The molecule has 0 bridgehead atoms. The van der Waals surface area contributed by atoms with Gasteiger partial charge in [0.2, 0.25) is 0 Å².